The van der Waals surface area contributed by atoms with Gasteiger partial charge in [0.2, 0.25) is 10.0 Å². The van der Waals surface area contributed by atoms with Crippen molar-refractivity contribution in [3.63, 3.8) is 0 Å². The van der Waals surface area contributed by atoms with Crippen molar-refractivity contribution in [2.45, 2.75) is 29.8 Å². The molecule has 0 radical (unpaired) electrons. The number of amides is 1. The number of hydrogen-bond donors (Lipinski definition) is 3. The lowest BCUT2D eigenvalue weighted by molar-refractivity contribution is 0.0942. The van der Waals surface area contributed by atoms with Gasteiger partial charge in [-0.25, -0.2) is 18.1 Å². The predicted molar refractivity (Wildman–Crippen MR) is 127 cm³/mol. The van der Waals surface area contributed by atoms with Crippen molar-refractivity contribution in [2.24, 2.45) is 0 Å². The van der Waals surface area contributed by atoms with E-state index in [9.17, 15) is 13.2 Å². The van der Waals surface area contributed by atoms with Crippen LogP contribution in [0.2, 0.25) is 5.02 Å². The monoisotopic (exact) mass is 480 g/mol. The number of fused-ring (bicyclic) bond motifs is 1. The van der Waals surface area contributed by atoms with Crippen LogP contribution in [0.4, 0.5) is 0 Å². The molecule has 1 fully saturated rings. The highest BCUT2D eigenvalue weighted by Gasteiger charge is 2.30. The third kappa shape index (κ3) is 4.64. The van der Waals surface area contributed by atoms with Gasteiger partial charge in [0.25, 0.3) is 5.91 Å². The zero-order chi connectivity index (χ0) is 23.0. The Morgan fingerprint density at radius 3 is 2.58 bits per heavy atom. The number of sulfonamides is 1. The highest BCUT2D eigenvalue weighted by Crippen LogP contribution is 2.28. The van der Waals surface area contributed by atoms with Crippen LogP contribution in [0.15, 0.2) is 78.0 Å². The van der Waals surface area contributed by atoms with Gasteiger partial charge in [-0.1, -0.05) is 48.0 Å². The first-order chi connectivity index (χ1) is 15.9. The van der Waals surface area contributed by atoms with Crippen molar-refractivity contribution in [1.29, 1.82) is 0 Å². The van der Waals surface area contributed by atoms with Gasteiger partial charge in [-0.15, -0.1) is 0 Å². The van der Waals surface area contributed by atoms with Crippen LogP contribution in [-0.4, -0.2) is 30.3 Å². The molecule has 0 bridgehead atoms. The van der Waals surface area contributed by atoms with Crippen molar-refractivity contribution >= 4 is 38.6 Å². The maximum atomic E-state index is 13.3. The van der Waals surface area contributed by atoms with Crippen LogP contribution in [0.1, 0.15) is 40.4 Å². The fourth-order valence-corrected chi connectivity index (χ4v) is 5.52. The average Bonchev–Trinajstić information content (AvgIpc) is 3.49. The van der Waals surface area contributed by atoms with Crippen LogP contribution >= 0.6 is 11.6 Å². The second-order valence-electron chi connectivity index (χ2n) is 8.04. The molecule has 1 heterocycles. The molecule has 5 rings (SSSR count). The second kappa shape index (κ2) is 8.62. The van der Waals surface area contributed by atoms with E-state index >= 15 is 0 Å². The Morgan fingerprint density at radius 1 is 1.03 bits per heavy atom. The highest BCUT2D eigenvalue weighted by atomic mass is 35.5. The molecule has 3 N–H and O–H groups in total. The zero-order valence-corrected chi connectivity index (χ0v) is 19.0. The topological polar surface area (TPSA) is 104 Å². The van der Waals surface area contributed by atoms with Crippen molar-refractivity contribution in [3.05, 3.63) is 94.8 Å². The molecular formula is C24H21ClN4O3S. The Morgan fingerprint density at radius 2 is 1.82 bits per heavy atom. The van der Waals surface area contributed by atoms with E-state index in [-0.39, 0.29) is 21.5 Å². The SMILES string of the molecule is O=C(NC(c1ccccc1)c1ccc2nc[nH]c2c1)c1ccc(Cl)c(S(=O)(=O)NC2CC2)c1. The fraction of sp³-hybridized carbons (Fsp3) is 0.167. The molecule has 1 amide bonds. The quantitative estimate of drug-likeness (QED) is 0.369. The average molecular weight is 481 g/mol. The molecule has 0 aliphatic heterocycles. The van der Waals surface area contributed by atoms with Crippen LogP contribution in [0.3, 0.4) is 0 Å². The van der Waals surface area contributed by atoms with E-state index in [1.165, 1.54) is 18.2 Å². The van der Waals surface area contributed by atoms with Gasteiger partial charge in [0.15, 0.2) is 0 Å². The number of benzene rings is 3. The molecular weight excluding hydrogens is 460 g/mol. The van der Waals surface area contributed by atoms with Gasteiger partial charge in [0.1, 0.15) is 4.90 Å². The first-order valence-electron chi connectivity index (χ1n) is 10.5. The molecule has 9 heteroatoms. The fourth-order valence-electron chi connectivity index (χ4n) is 3.69. The molecule has 3 aromatic carbocycles. The molecule has 1 saturated carbocycles. The molecule has 1 atom stereocenters. The summed E-state index contributed by atoms with van der Waals surface area (Å²) in [4.78, 5) is 20.5. The summed E-state index contributed by atoms with van der Waals surface area (Å²) in [6.45, 7) is 0. The Bertz CT molecular complexity index is 1430. The summed E-state index contributed by atoms with van der Waals surface area (Å²) in [7, 11) is -3.81. The minimum absolute atomic E-state index is 0.0663. The molecule has 1 unspecified atom stereocenters. The molecule has 1 aromatic heterocycles. The first kappa shape index (κ1) is 21.6. The van der Waals surface area contributed by atoms with Gasteiger partial charge in [-0.3, -0.25) is 4.79 Å². The molecule has 0 saturated heterocycles. The Balaban J connectivity index is 1.48. The lowest BCUT2D eigenvalue weighted by atomic mass is 9.97. The number of aromatic nitrogens is 2. The van der Waals surface area contributed by atoms with E-state index in [1.54, 1.807) is 6.33 Å². The Kier molecular flexibility index (Phi) is 5.65. The Hall–Kier alpha value is -3.20. The lowest BCUT2D eigenvalue weighted by Crippen LogP contribution is -2.30. The summed E-state index contributed by atoms with van der Waals surface area (Å²) in [6.07, 6.45) is 3.23. The number of nitrogens with one attached hydrogen (secondary N) is 3. The third-order valence-corrected chi connectivity index (χ3v) is 7.57. The third-order valence-electron chi connectivity index (χ3n) is 5.57. The predicted octanol–water partition coefficient (Wildman–Crippen LogP) is 4.18. The number of nitrogens with zero attached hydrogens (tertiary/aromatic N) is 1. The summed E-state index contributed by atoms with van der Waals surface area (Å²) >= 11 is 6.17. The van der Waals surface area contributed by atoms with Crippen LogP contribution < -0.4 is 10.0 Å². The van der Waals surface area contributed by atoms with Crippen LogP contribution in [0.5, 0.6) is 0 Å². The van der Waals surface area contributed by atoms with Gasteiger partial charge in [-0.05, 0) is 54.3 Å². The van der Waals surface area contributed by atoms with Crippen molar-refractivity contribution in [3.8, 4) is 0 Å². The maximum Gasteiger partial charge on any atom is 0.252 e. The van der Waals surface area contributed by atoms with Crippen molar-refractivity contribution in [1.82, 2.24) is 20.0 Å². The van der Waals surface area contributed by atoms with Gasteiger partial charge in [0.05, 0.1) is 28.4 Å². The summed E-state index contributed by atoms with van der Waals surface area (Å²) in [5.74, 6) is -0.409. The number of carbonyl (C=O) groups is 1. The normalized spacial score (nSPS) is 14.8. The summed E-state index contributed by atoms with van der Waals surface area (Å²) in [6, 6.07) is 19.1. The van der Waals surface area contributed by atoms with Gasteiger partial charge < -0.3 is 10.3 Å². The lowest BCUT2D eigenvalue weighted by Gasteiger charge is -2.20. The number of halogens is 1. The minimum Gasteiger partial charge on any atom is -0.345 e. The maximum absolute atomic E-state index is 13.3. The van der Waals surface area contributed by atoms with E-state index in [1.807, 2.05) is 48.5 Å². The number of rotatable bonds is 7. The van der Waals surface area contributed by atoms with Gasteiger partial charge >= 0.3 is 0 Å². The van der Waals surface area contributed by atoms with E-state index in [2.05, 4.69) is 20.0 Å². The number of H-pyrrole nitrogens is 1. The van der Waals surface area contributed by atoms with Crippen molar-refractivity contribution < 1.29 is 13.2 Å². The smallest absolute Gasteiger partial charge is 0.252 e. The number of imidazole rings is 1. The number of hydrogen-bond acceptors (Lipinski definition) is 4. The van der Waals surface area contributed by atoms with Gasteiger partial charge in [0, 0.05) is 11.6 Å². The van der Waals surface area contributed by atoms with Crippen LogP contribution in [0.25, 0.3) is 11.0 Å². The largest absolute Gasteiger partial charge is 0.345 e. The van der Waals surface area contributed by atoms with Crippen LogP contribution in [0, 0.1) is 0 Å². The summed E-state index contributed by atoms with van der Waals surface area (Å²) in [5, 5.41) is 3.12. The summed E-state index contributed by atoms with van der Waals surface area (Å²) in [5.41, 5.74) is 3.64. The van der Waals surface area contributed by atoms with E-state index < -0.39 is 22.0 Å². The number of carbonyl (C=O) groups excluding carboxylic acids is 1. The number of aromatic amines is 1. The molecule has 7 nitrogen and oxygen atoms in total. The zero-order valence-electron chi connectivity index (χ0n) is 17.5. The van der Waals surface area contributed by atoms with Crippen molar-refractivity contribution in [2.75, 3.05) is 0 Å². The molecule has 4 aromatic rings. The van der Waals surface area contributed by atoms with Crippen LogP contribution in [-0.2, 0) is 10.0 Å². The molecule has 1 aliphatic rings. The van der Waals surface area contributed by atoms with Gasteiger partial charge in [-0.2, -0.15) is 0 Å². The molecule has 1 aliphatic carbocycles. The van der Waals surface area contributed by atoms with E-state index in [0.717, 1.165) is 35.0 Å². The second-order valence-corrected chi connectivity index (χ2v) is 10.1. The van der Waals surface area contributed by atoms with E-state index in [0.29, 0.717) is 0 Å². The first-order valence-corrected chi connectivity index (χ1v) is 12.4. The van der Waals surface area contributed by atoms with E-state index in [4.69, 9.17) is 11.6 Å². The summed E-state index contributed by atoms with van der Waals surface area (Å²) < 4.78 is 28.0. The molecule has 33 heavy (non-hydrogen) atoms. The highest BCUT2D eigenvalue weighted by molar-refractivity contribution is 7.89. The Labute approximate surface area is 196 Å². The minimum atomic E-state index is -3.81. The molecule has 168 valence electrons. The standard InChI is InChI=1S/C24H21ClN4O3S/c25-19-10-6-17(13-22(19)33(31,32)29-18-8-9-18)24(30)28-23(15-4-2-1-3-5-15)16-7-11-20-21(12-16)27-14-26-20/h1-7,10-14,18,23,29H,8-9H2,(H,26,27)(H,28,30). The molecule has 0 spiro atoms.